The summed E-state index contributed by atoms with van der Waals surface area (Å²) in [6.45, 7) is 4.78. The summed E-state index contributed by atoms with van der Waals surface area (Å²) in [6.07, 6.45) is 9.21. The largest absolute Gasteiger partial charge is 0.344 e. The van der Waals surface area contributed by atoms with Crippen LogP contribution in [0.3, 0.4) is 0 Å². The maximum absolute atomic E-state index is 2.48. The molecule has 3 aromatic rings. The van der Waals surface area contributed by atoms with Crippen LogP contribution in [0.25, 0.3) is 11.1 Å². The third-order valence-electron chi connectivity index (χ3n) is 8.41. The zero-order valence-corrected chi connectivity index (χ0v) is 19.2. The molecule has 1 fully saturated rings. The molecule has 0 unspecified atom stereocenters. The number of rotatable bonds is 1. The van der Waals surface area contributed by atoms with E-state index in [1.807, 2.05) is 0 Å². The van der Waals surface area contributed by atoms with Crippen molar-refractivity contribution < 1.29 is 0 Å². The van der Waals surface area contributed by atoms with Crippen molar-refractivity contribution in [1.82, 2.24) is 0 Å². The second-order valence-corrected chi connectivity index (χ2v) is 10.4. The zero-order valence-electron chi connectivity index (χ0n) is 19.2. The molecular weight excluding hydrogens is 374 g/mol. The van der Waals surface area contributed by atoms with E-state index < -0.39 is 0 Å². The molecule has 6 rings (SSSR count). The van der Waals surface area contributed by atoms with Crippen molar-refractivity contribution >= 4 is 11.4 Å². The van der Waals surface area contributed by atoms with E-state index in [0.29, 0.717) is 0 Å². The van der Waals surface area contributed by atoms with Gasteiger partial charge in [-0.2, -0.15) is 0 Å². The number of hydrogen-bond acceptors (Lipinski definition) is 1. The Bertz CT molecular complexity index is 1160. The summed E-state index contributed by atoms with van der Waals surface area (Å²) in [6, 6.07) is 21.0. The highest BCUT2D eigenvalue weighted by Crippen LogP contribution is 2.53. The van der Waals surface area contributed by atoms with Crippen LogP contribution in [0.15, 0.2) is 54.6 Å². The van der Waals surface area contributed by atoms with E-state index in [9.17, 15) is 0 Å². The minimum atomic E-state index is 0.0753. The molecule has 1 aliphatic heterocycles. The lowest BCUT2D eigenvalue weighted by atomic mass is 9.80. The van der Waals surface area contributed by atoms with Gasteiger partial charge in [0, 0.05) is 23.8 Å². The lowest BCUT2D eigenvalue weighted by Crippen LogP contribution is -2.16. The maximum Gasteiger partial charge on any atom is 0.0447 e. The van der Waals surface area contributed by atoms with Gasteiger partial charge in [0.05, 0.1) is 0 Å². The summed E-state index contributed by atoms with van der Waals surface area (Å²) >= 11 is 0. The Kier molecular flexibility index (Phi) is 4.32. The van der Waals surface area contributed by atoms with Crippen molar-refractivity contribution in [2.75, 3.05) is 11.9 Å². The number of nitrogens with zero attached hydrogens (tertiary/aromatic N) is 1. The van der Waals surface area contributed by atoms with E-state index in [1.165, 1.54) is 65.7 Å². The van der Waals surface area contributed by atoms with E-state index in [0.717, 1.165) is 18.8 Å². The van der Waals surface area contributed by atoms with Crippen LogP contribution in [0.5, 0.6) is 0 Å². The van der Waals surface area contributed by atoms with Crippen molar-refractivity contribution in [1.29, 1.82) is 0 Å². The fourth-order valence-corrected chi connectivity index (χ4v) is 6.78. The van der Waals surface area contributed by atoms with Gasteiger partial charge in [0.1, 0.15) is 0 Å². The first kappa shape index (κ1) is 19.2. The lowest BCUT2D eigenvalue weighted by Gasteiger charge is -2.28. The van der Waals surface area contributed by atoms with Gasteiger partial charge in [-0.3, -0.25) is 0 Å². The normalized spacial score (nSPS) is 19.3. The Morgan fingerprint density at radius 3 is 2.32 bits per heavy atom. The summed E-state index contributed by atoms with van der Waals surface area (Å²) in [7, 11) is 2.28. The predicted octanol–water partition coefficient (Wildman–Crippen LogP) is 7.91. The first-order chi connectivity index (χ1) is 15.1. The van der Waals surface area contributed by atoms with Gasteiger partial charge in [-0.15, -0.1) is 0 Å². The summed E-state index contributed by atoms with van der Waals surface area (Å²) in [5.74, 6) is 0.753. The highest BCUT2D eigenvalue weighted by Gasteiger charge is 2.38. The molecule has 31 heavy (non-hydrogen) atoms. The van der Waals surface area contributed by atoms with Crippen molar-refractivity contribution in [2.24, 2.45) is 0 Å². The second-order valence-electron chi connectivity index (χ2n) is 10.4. The SMILES string of the molecule is CN1c2cccc(C3CCCCC3)c2CCc2c1ccc1c2-c2ccccc2C1(C)C. The van der Waals surface area contributed by atoms with Crippen LogP contribution in [0, 0.1) is 0 Å². The molecule has 2 aliphatic carbocycles. The molecule has 1 heteroatoms. The average Bonchev–Trinajstić information content (AvgIpc) is 2.94. The predicted molar refractivity (Wildman–Crippen MR) is 132 cm³/mol. The van der Waals surface area contributed by atoms with Gasteiger partial charge in [0.15, 0.2) is 0 Å². The molecule has 0 saturated heterocycles. The third kappa shape index (κ3) is 2.75. The summed E-state index contributed by atoms with van der Waals surface area (Å²) in [4.78, 5) is 2.48. The van der Waals surface area contributed by atoms with E-state index in [1.54, 1.807) is 16.7 Å². The summed E-state index contributed by atoms with van der Waals surface area (Å²) in [5.41, 5.74) is 13.6. The monoisotopic (exact) mass is 407 g/mol. The molecule has 0 N–H and O–H groups in total. The van der Waals surface area contributed by atoms with Gasteiger partial charge < -0.3 is 4.90 Å². The quantitative estimate of drug-likeness (QED) is 0.396. The molecule has 1 heterocycles. The molecule has 1 nitrogen and oxygen atoms in total. The molecule has 3 aromatic carbocycles. The van der Waals surface area contributed by atoms with Gasteiger partial charge in [-0.05, 0) is 82.7 Å². The molecule has 1 saturated carbocycles. The van der Waals surface area contributed by atoms with E-state index in [-0.39, 0.29) is 5.41 Å². The van der Waals surface area contributed by atoms with Crippen LogP contribution in [0.2, 0.25) is 0 Å². The Hall–Kier alpha value is -2.54. The number of hydrogen-bond donors (Lipinski definition) is 0. The topological polar surface area (TPSA) is 3.24 Å². The maximum atomic E-state index is 2.48. The number of fused-ring (bicyclic) bond motifs is 6. The van der Waals surface area contributed by atoms with Crippen LogP contribution in [0.4, 0.5) is 11.4 Å². The molecule has 158 valence electrons. The summed E-state index contributed by atoms with van der Waals surface area (Å²) in [5, 5.41) is 0. The molecular formula is C30H33N. The third-order valence-corrected chi connectivity index (χ3v) is 8.41. The zero-order chi connectivity index (χ0) is 21.2. The van der Waals surface area contributed by atoms with Gasteiger partial charge >= 0.3 is 0 Å². The Labute approximate surface area is 187 Å². The van der Waals surface area contributed by atoms with Crippen molar-refractivity contribution in [3.8, 4) is 11.1 Å². The molecule has 0 radical (unpaired) electrons. The molecule has 0 spiro atoms. The van der Waals surface area contributed by atoms with E-state index in [2.05, 4.69) is 80.4 Å². The molecule has 0 aromatic heterocycles. The fourth-order valence-electron chi connectivity index (χ4n) is 6.78. The first-order valence-electron chi connectivity index (χ1n) is 12.2. The fraction of sp³-hybridized carbons (Fsp3) is 0.400. The molecule has 0 atom stereocenters. The van der Waals surface area contributed by atoms with Crippen LogP contribution in [0.1, 0.15) is 79.7 Å². The number of anilines is 2. The number of benzene rings is 3. The van der Waals surface area contributed by atoms with E-state index in [4.69, 9.17) is 0 Å². The van der Waals surface area contributed by atoms with Gasteiger partial charge in [-0.1, -0.05) is 75.6 Å². The lowest BCUT2D eigenvalue weighted by molar-refractivity contribution is 0.441. The standard InChI is InChI=1S/C30H33N/c1-30(2)25-14-8-7-12-23(25)29-24-17-16-22-21(20-10-5-4-6-11-20)13-9-15-27(22)31(3)28(24)19-18-26(29)30/h7-9,12-15,18-20H,4-6,10-11,16-17H2,1-3H3. The highest BCUT2D eigenvalue weighted by molar-refractivity contribution is 5.88. The van der Waals surface area contributed by atoms with Crippen LogP contribution in [-0.4, -0.2) is 7.05 Å². The van der Waals surface area contributed by atoms with Gasteiger partial charge in [-0.25, -0.2) is 0 Å². The highest BCUT2D eigenvalue weighted by atomic mass is 15.1. The summed E-state index contributed by atoms with van der Waals surface area (Å²) < 4.78 is 0. The first-order valence-corrected chi connectivity index (χ1v) is 12.2. The minimum Gasteiger partial charge on any atom is -0.344 e. The van der Waals surface area contributed by atoms with Crippen molar-refractivity contribution in [2.45, 2.75) is 70.1 Å². The van der Waals surface area contributed by atoms with Crippen LogP contribution >= 0.6 is 0 Å². The van der Waals surface area contributed by atoms with Crippen LogP contribution < -0.4 is 4.90 Å². The average molecular weight is 408 g/mol. The molecule has 3 aliphatic rings. The van der Waals surface area contributed by atoms with Crippen molar-refractivity contribution in [3.05, 3.63) is 82.4 Å². The molecule has 0 bridgehead atoms. The second kappa shape index (κ2) is 6.99. The Morgan fingerprint density at radius 2 is 1.48 bits per heavy atom. The molecule has 0 amide bonds. The van der Waals surface area contributed by atoms with Crippen LogP contribution in [-0.2, 0) is 18.3 Å². The minimum absolute atomic E-state index is 0.0753. The smallest absolute Gasteiger partial charge is 0.0447 e. The van der Waals surface area contributed by atoms with E-state index >= 15 is 0 Å². The van der Waals surface area contributed by atoms with Gasteiger partial charge in [0.25, 0.3) is 0 Å². The Morgan fingerprint density at radius 1 is 0.742 bits per heavy atom. The van der Waals surface area contributed by atoms with Gasteiger partial charge in [0.2, 0.25) is 0 Å². The van der Waals surface area contributed by atoms with Crippen molar-refractivity contribution in [3.63, 3.8) is 0 Å². The Balaban J connectivity index is 1.51.